The Kier molecular flexibility index (Phi) is 3.39. The zero-order valence-corrected chi connectivity index (χ0v) is 15.0. The number of benzene rings is 1. The summed E-state index contributed by atoms with van der Waals surface area (Å²) in [5.74, 6) is 0.736. The van der Waals surface area contributed by atoms with Crippen LogP contribution in [0.15, 0.2) is 61.3 Å². The predicted octanol–water partition coefficient (Wildman–Crippen LogP) is 3.64. The van der Waals surface area contributed by atoms with Crippen molar-refractivity contribution in [2.24, 2.45) is 0 Å². The van der Waals surface area contributed by atoms with Crippen LogP contribution in [0.25, 0.3) is 27.6 Å². The van der Waals surface area contributed by atoms with Crippen molar-refractivity contribution in [2.45, 2.75) is 0 Å². The summed E-state index contributed by atoms with van der Waals surface area (Å²) in [6.07, 6.45) is 7.05. The largest absolute Gasteiger partial charge is 0.378 e. The molecule has 1 aromatic carbocycles. The summed E-state index contributed by atoms with van der Waals surface area (Å²) in [5.41, 5.74) is 5.48. The van der Waals surface area contributed by atoms with E-state index in [9.17, 15) is 0 Å². The summed E-state index contributed by atoms with van der Waals surface area (Å²) in [6.45, 7) is 0. The number of hydrogen-bond acceptors (Lipinski definition) is 6. The summed E-state index contributed by atoms with van der Waals surface area (Å²) in [4.78, 5) is 20.2. The van der Waals surface area contributed by atoms with Gasteiger partial charge in [-0.3, -0.25) is 9.38 Å². The Bertz CT molecular complexity index is 1290. The molecule has 0 aliphatic rings. The standard InChI is InChI=1S/C20H17N7/c1-26(2)14-5-3-4-13(10-14)23-20-19-18(15-11-21-8-6-16(15)24-20)25-17-7-9-22-12-27(17)19/h3-12H,1-2H3,(H,23,24). The van der Waals surface area contributed by atoms with Gasteiger partial charge in [0, 0.05) is 49.4 Å². The van der Waals surface area contributed by atoms with Crippen LogP contribution < -0.4 is 10.2 Å². The number of nitrogens with zero attached hydrogens (tertiary/aromatic N) is 6. The van der Waals surface area contributed by atoms with Gasteiger partial charge in [-0.05, 0) is 30.3 Å². The fourth-order valence-electron chi connectivity index (χ4n) is 3.24. The van der Waals surface area contributed by atoms with Crippen molar-refractivity contribution in [1.82, 2.24) is 24.3 Å². The predicted molar refractivity (Wildman–Crippen MR) is 108 cm³/mol. The number of hydrogen-bond donors (Lipinski definition) is 1. The van der Waals surface area contributed by atoms with Crippen LogP contribution >= 0.6 is 0 Å². The van der Waals surface area contributed by atoms with Crippen molar-refractivity contribution in [3.05, 3.63) is 61.3 Å². The van der Waals surface area contributed by atoms with E-state index in [4.69, 9.17) is 9.97 Å². The van der Waals surface area contributed by atoms with Crippen LogP contribution in [0.2, 0.25) is 0 Å². The van der Waals surface area contributed by atoms with E-state index >= 15 is 0 Å². The Morgan fingerprint density at radius 3 is 2.78 bits per heavy atom. The van der Waals surface area contributed by atoms with Crippen LogP contribution in [0.3, 0.4) is 0 Å². The first-order valence-electron chi connectivity index (χ1n) is 8.60. The van der Waals surface area contributed by atoms with Crippen LogP contribution in [0.4, 0.5) is 17.2 Å². The molecule has 0 saturated heterocycles. The molecule has 132 valence electrons. The Balaban J connectivity index is 1.78. The Morgan fingerprint density at radius 1 is 1.00 bits per heavy atom. The van der Waals surface area contributed by atoms with Gasteiger partial charge in [-0.2, -0.15) is 0 Å². The van der Waals surface area contributed by atoms with E-state index in [-0.39, 0.29) is 0 Å². The smallest absolute Gasteiger partial charge is 0.157 e. The van der Waals surface area contributed by atoms with Gasteiger partial charge in [-0.15, -0.1) is 0 Å². The van der Waals surface area contributed by atoms with Gasteiger partial charge in [-0.25, -0.2) is 15.0 Å². The minimum atomic E-state index is 0.736. The minimum absolute atomic E-state index is 0.736. The van der Waals surface area contributed by atoms with E-state index in [2.05, 4.69) is 32.3 Å². The van der Waals surface area contributed by atoms with Crippen molar-refractivity contribution in [2.75, 3.05) is 24.3 Å². The molecule has 0 atom stereocenters. The maximum Gasteiger partial charge on any atom is 0.157 e. The molecule has 7 nitrogen and oxygen atoms in total. The lowest BCUT2D eigenvalue weighted by Gasteiger charge is -2.15. The molecule has 5 rings (SSSR count). The van der Waals surface area contributed by atoms with Gasteiger partial charge in [0.1, 0.15) is 23.0 Å². The lowest BCUT2D eigenvalue weighted by molar-refractivity contribution is 1.11. The molecule has 0 bridgehead atoms. The minimum Gasteiger partial charge on any atom is -0.378 e. The van der Waals surface area contributed by atoms with E-state index < -0.39 is 0 Å². The zero-order chi connectivity index (χ0) is 18.4. The van der Waals surface area contributed by atoms with Gasteiger partial charge >= 0.3 is 0 Å². The van der Waals surface area contributed by atoms with E-state index in [0.29, 0.717) is 0 Å². The second-order valence-corrected chi connectivity index (χ2v) is 6.54. The van der Waals surface area contributed by atoms with Crippen molar-refractivity contribution >= 4 is 44.8 Å². The average Bonchev–Trinajstić information content (AvgIpc) is 3.08. The van der Waals surface area contributed by atoms with Gasteiger partial charge in [0.2, 0.25) is 0 Å². The number of fused-ring (bicyclic) bond motifs is 5. The lowest BCUT2D eigenvalue weighted by Crippen LogP contribution is -2.08. The Morgan fingerprint density at radius 2 is 1.89 bits per heavy atom. The third kappa shape index (κ3) is 2.52. The molecular formula is C20H17N7. The van der Waals surface area contributed by atoms with E-state index in [1.807, 2.05) is 42.8 Å². The maximum atomic E-state index is 4.84. The quantitative estimate of drug-likeness (QED) is 0.533. The third-order valence-electron chi connectivity index (χ3n) is 4.57. The van der Waals surface area contributed by atoms with Crippen molar-refractivity contribution < 1.29 is 0 Å². The van der Waals surface area contributed by atoms with Gasteiger partial charge in [0.15, 0.2) is 5.82 Å². The first kappa shape index (κ1) is 15.5. The molecule has 4 aromatic heterocycles. The number of anilines is 3. The highest BCUT2D eigenvalue weighted by molar-refractivity contribution is 6.08. The van der Waals surface area contributed by atoms with Gasteiger partial charge in [-0.1, -0.05) is 6.07 Å². The summed E-state index contributed by atoms with van der Waals surface area (Å²) in [5, 5.41) is 4.39. The molecule has 4 heterocycles. The maximum absolute atomic E-state index is 4.84. The van der Waals surface area contributed by atoms with E-state index in [1.165, 1.54) is 0 Å². The highest BCUT2D eigenvalue weighted by atomic mass is 15.1. The monoisotopic (exact) mass is 355 g/mol. The second kappa shape index (κ2) is 5.91. The fourth-order valence-corrected chi connectivity index (χ4v) is 3.24. The topological polar surface area (TPSA) is 71.2 Å². The summed E-state index contributed by atoms with van der Waals surface area (Å²) < 4.78 is 1.95. The number of pyridine rings is 2. The summed E-state index contributed by atoms with van der Waals surface area (Å²) in [7, 11) is 4.05. The molecule has 0 spiro atoms. The molecule has 0 radical (unpaired) electrons. The van der Waals surface area contributed by atoms with E-state index in [0.717, 1.165) is 44.8 Å². The Labute approximate surface area is 155 Å². The number of aromatic nitrogens is 5. The molecular weight excluding hydrogens is 338 g/mol. The van der Waals surface area contributed by atoms with Crippen LogP contribution in [0, 0.1) is 0 Å². The summed E-state index contributed by atoms with van der Waals surface area (Å²) >= 11 is 0. The first-order chi connectivity index (χ1) is 13.2. The fraction of sp³-hybridized carbons (Fsp3) is 0.100. The highest BCUT2D eigenvalue weighted by Crippen LogP contribution is 2.31. The zero-order valence-electron chi connectivity index (χ0n) is 15.0. The molecule has 27 heavy (non-hydrogen) atoms. The lowest BCUT2D eigenvalue weighted by atomic mass is 10.2. The van der Waals surface area contributed by atoms with Gasteiger partial charge < -0.3 is 10.2 Å². The first-order valence-corrected chi connectivity index (χ1v) is 8.60. The molecule has 0 fully saturated rings. The average molecular weight is 355 g/mol. The van der Waals surface area contributed by atoms with Crippen LogP contribution in [0.5, 0.6) is 0 Å². The molecule has 0 aliphatic heterocycles. The summed E-state index contributed by atoms with van der Waals surface area (Å²) in [6, 6.07) is 12.0. The molecule has 0 aliphatic carbocycles. The Hall–Kier alpha value is -3.74. The van der Waals surface area contributed by atoms with E-state index in [1.54, 1.807) is 24.9 Å². The normalized spacial score (nSPS) is 11.3. The van der Waals surface area contributed by atoms with Crippen molar-refractivity contribution in [3.63, 3.8) is 0 Å². The molecule has 0 amide bonds. The molecule has 5 aromatic rings. The SMILES string of the molecule is CN(C)c1cccc(Nc2nc3ccncc3c3nc4ccncn4c23)c1. The molecule has 1 N–H and O–H groups in total. The number of imidazole rings is 1. The second-order valence-electron chi connectivity index (χ2n) is 6.54. The molecule has 0 unspecified atom stereocenters. The molecule has 7 heteroatoms. The third-order valence-corrected chi connectivity index (χ3v) is 4.57. The van der Waals surface area contributed by atoms with Crippen molar-refractivity contribution in [3.8, 4) is 0 Å². The highest BCUT2D eigenvalue weighted by Gasteiger charge is 2.15. The van der Waals surface area contributed by atoms with Crippen LogP contribution in [0.1, 0.15) is 0 Å². The van der Waals surface area contributed by atoms with Gasteiger partial charge in [0.25, 0.3) is 0 Å². The molecule has 0 saturated carbocycles. The van der Waals surface area contributed by atoms with Gasteiger partial charge in [0.05, 0.1) is 5.52 Å². The van der Waals surface area contributed by atoms with Crippen molar-refractivity contribution in [1.29, 1.82) is 0 Å². The number of rotatable bonds is 3. The van der Waals surface area contributed by atoms with Crippen LogP contribution in [-0.2, 0) is 0 Å². The van der Waals surface area contributed by atoms with Crippen LogP contribution in [-0.4, -0.2) is 38.4 Å². The number of nitrogens with one attached hydrogen (secondary N) is 1.